The molecule has 0 radical (unpaired) electrons. The Bertz CT molecular complexity index is 255. The fraction of sp³-hybridized carbons (Fsp3) is 0.882. The first kappa shape index (κ1) is 17.7. The third-order valence-electron chi connectivity index (χ3n) is 5.11. The summed E-state index contributed by atoms with van der Waals surface area (Å²) in [5, 5.41) is 0. The van der Waals surface area contributed by atoms with E-state index in [1.807, 2.05) is 6.08 Å². The fourth-order valence-corrected chi connectivity index (χ4v) is 3.77. The SMILES string of the molecule is C=CCCCCCC(NN)C1(N(C)C)CCCCCC1. The summed E-state index contributed by atoms with van der Waals surface area (Å²) in [6.45, 7) is 3.79. The number of unbranched alkanes of at least 4 members (excludes halogenated alkanes) is 3. The standard InChI is InChI=1S/C17H35N3/c1-4-5-6-7-10-13-16(19-18)17(20(2)3)14-11-8-9-12-15-17/h4,16,19H,1,5-15,18H2,2-3H3. The highest BCUT2D eigenvalue weighted by atomic mass is 15.3. The Morgan fingerprint density at radius 1 is 1.15 bits per heavy atom. The van der Waals surface area contributed by atoms with Crippen LogP contribution in [-0.4, -0.2) is 30.6 Å². The minimum atomic E-state index is 0.254. The van der Waals surface area contributed by atoms with Crippen LogP contribution in [-0.2, 0) is 0 Å². The van der Waals surface area contributed by atoms with E-state index in [0.717, 1.165) is 6.42 Å². The van der Waals surface area contributed by atoms with Crippen LogP contribution in [0.2, 0.25) is 0 Å². The van der Waals surface area contributed by atoms with E-state index >= 15 is 0 Å². The summed E-state index contributed by atoms with van der Waals surface area (Å²) in [7, 11) is 4.46. The van der Waals surface area contributed by atoms with Crippen molar-refractivity contribution in [3.8, 4) is 0 Å². The summed E-state index contributed by atoms with van der Waals surface area (Å²) in [5.41, 5.74) is 3.40. The lowest BCUT2D eigenvalue weighted by atomic mass is 9.79. The Hall–Kier alpha value is -0.380. The van der Waals surface area contributed by atoms with E-state index < -0.39 is 0 Å². The highest BCUT2D eigenvalue weighted by Gasteiger charge is 2.39. The number of nitrogens with one attached hydrogen (secondary N) is 1. The Morgan fingerprint density at radius 3 is 2.30 bits per heavy atom. The predicted octanol–water partition coefficient (Wildman–Crippen LogP) is 3.61. The van der Waals surface area contributed by atoms with Gasteiger partial charge in [0.25, 0.3) is 0 Å². The molecule has 1 atom stereocenters. The molecule has 1 aliphatic rings. The first-order valence-corrected chi connectivity index (χ1v) is 8.42. The van der Waals surface area contributed by atoms with Crippen molar-refractivity contribution in [2.45, 2.75) is 82.2 Å². The van der Waals surface area contributed by atoms with Crippen LogP contribution in [0.25, 0.3) is 0 Å². The first-order chi connectivity index (χ1) is 9.67. The van der Waals surface area contributed by atoms with Gasteiger partial charge in [0.05, 0.1) is 0 Å². The smallest absolute Gasteiger partial charge is 0.0394 e. The quantitative estimate of drug-likeness (QED) is 0.223. The number of nitrogens with two attached hydrogens (primary N) is 1. The maximum atomic E-state index is 5.93. The van der Waals surface area contributed by atoms with Crippen molar-refractivity contribution in [2.24, 2.45) is 5.84 Å². The maximum absolute atomic E-state index is 5.93. The lowest BCUT2D eigenvalue weighted by molar-refractivity contribution is 0.0750. The molecular weight excluding hydrogens is 246 g/mol. The van der Waals surface area contributed by atoms with Gasteiger partial charge in [0.2, 0.25) is 0 Å². The van der Waals surface area contributed by atoms with Crippen LogP contribution in [0.5, 0.6) is 0 Å². The van der Waals surface area contributed by atoms with Crippen LogP contribution in [0.1, 0.15) is 70.6 Å². The lowest BCUT2D eigenvalue weighted by Gasteiger charge is -2.45. The average molecular weight is 281 g/mol. The first-order valence-electron chi connectivity index (χ1n) is 8.42. The summed E-state index contributed by atoms with van der Waals surface area (Å²) >= 11 is 0. The Balaban J connectivity index is 2.58. The predicted molar refractivity (Wildman–Crippen MR) is 88.5 cm³/mol. The van der Waals surface area contributed by atoms with Crippen LogP contribution in [0.4, 0.5) is 0 Å². The third kappa shape index (κ3) is 4.87. The van der Waals surface area contributed by atoms with E-state index in [4.69, 9.17) is 5.84 Å². The van der Waals surface area contributed by atoms with Crippen LogP contribution in [0.15, 0.2) is 12.7 Å². The lowest BCUT2D eigenvalue weighted by Crippen LogP contribution is -2.60. The Morgan fingerprint density at radius 2 is 1.80 bits per heavy atom. The second kappa shape index (κ2) is 9.54. The van der Waals surface area contributed by atoms with Crippen molar-refractivity contribution in [2.75, 3.05) is 14.1 Å². The van der Waals surface area contributed by atoms with Crippen molar-refractivity contribution < 1.29 is 0 Å². The van der Waals surface area contributed by atoms with E-state index in [9.17, 15) is 0 Å². The highest BCUT2D eigenvalue weighted by molar-refractivity contribution is 4.98. The van der Waals surface area contributed by atoms with Crippen molar-refractivity contribution in [1.29, 1.82) is 0 Å². The zero-order valence-electron chi connectivity index (χ0n) is 13.7. The number of allylic oxidation sites excluding steroid dienone is 1. The van der Waals surface area contributed by atoms with Gasteiger partial charge in [-0.15, -0.1) is 6.58 Å². The second-order valence-electron chi connectivity index (χ2n) is 6.56. The van der Waals surface area contributed by atoms with Gasteiger partial charge in [0.15, 0.2) is 0 Å². The molecule has 0 aliphatic heterocycles. The molecule has 0 saturated heterocycles. The molecule has 0 aromatic heterocycles. The molecular formula is C17H35N3. The fourth-order valence-electron chi connectivity index (χ4n) is 3.77. The van der Waals surface area contributed by atoms with Gasteiger partial charge < -0.3 is 4.90 Å². The van der Waals surface area contributed by atoms with E-state index in [1.54, 1.807) is 0 Å². The topological polar surface area (TPSA) is 41.3 Å². The summed E-state index contributed by atoms with van der Waals surface area (Å²) < 4.78 is 0. The molecule has 1 fully saturated rings. The maximum Gasteiger partial charge on any atom is 0.0394 e. The monoisotopic (exact) mass is 281 g/mol. The minimum Gasteiger partial charge on any atom is -0.302 e. The third-order valence-corrected chi connectivity index (χ3v) is 5.11. The molecule has 0 aromatic rings. The van der Waals surface area contributed by atoms with Crippen LogP contribution >= 0.6 is 0 Å². The average Bonchev–Trinajstić information content (AvgIpc) is 2.69. The number of rotatable bonds is 9. The molecule has 0 heterocycles. The van der Waals surface area contributed by atoms with Crippen molar-refractivity contribution in [3.63, 3.8) is 0 Å². The number of nitrogens with zero attached hydrogens (tertiary/aromatic N) is 1. The number of hydrazine groups is 1. The molecule has 1 unspecified atom stereocenters. The summed E-state index contributed by atoms with van der Waals surface area (Å²) in [6, 6.07) is 0.416. The van der Waals surface area contributed by atoms with E-state index in [1.165, 1.54) is 64.2 Å². The minimum absolute atomic E-state index is 0.254. The molecule has 3 nitrogen and oxygen atoms in total. The van der Waals surface area contributed by atoms with Crippen molar-refractivity contribution in [3.05, 3.63) is 12.7 Å². The van der Waals surface area contributed by atoms with Gasteiger partial charge in [-0.3, -0.25) is 11.3 Å². The Labute approximate surface area is 126 Å². The molecule has 0 bridgehead atoms. The van der Waals surface area contributed by atoms with Gasteiger partial charge in [0, 0.05) is 11.6 Å². The van der Waals surface area contributed by atoms with E-state index in [0.29, 0.717) is 6.04 Å². The van der Waals surface area contributed by atoms with Gasteiger partial charge in [-0.2, -0.15) is 0 Å². The molecule has 1 rings (SSSR count). The largest absolute Gasteiger partial charge is 0.302 e. The van der Waals surface area contributed by atoms with Gasteiger partial charge in [-0.25, -0.2) is 0 Å². The van der Waals surface area contributed by atoms with Crippen LogP contribution < -0.4 is 11.3 Å². The summed E-state index contributed by atoms with van der Waals surface area (Å²) in [5.74, 6) is 5.93. The van der Waals surface area contributed by atoms with Crippen molar-refractivity contribution in [1.82, 2.24) is 10.3 Å². The highest BCUT2D eigenvalue weighted by Crippen LogP contribution is 2.35. The normalized spacial score (nSPS) is 20.6. The Kier molecular flexibility index (Phi) is 8.43. The number of likely N-dealkylation sites (N-methyl/N-ethyl adjacent to an activating group) is 1. The zero-order valence-corrected chi connectivity index (χ0v) is 13.7. The molecule has 0 aromatic carbocycles. The number of hydrogen-bond donors (Lipinski definition) is 2. The van der Waals surface area contributed by atoms with Gasteiger partial charge in [0.1, 0.15) is 0 Å². The second-order valence-corrected chi connectivity index (χ2v) is 6.56. The van der Waals surface area contributed by atoms with Gasteiger partial charge in [-0.1, -0.05) is 44.6 Å². The molecule has 1 aliphatic carbocycles. The molecule has 1 saturated carbocycles. The molecule has 0 amide bonds. The van der Waals surface area contributed by atoms with Crippen LogP contribution in [0.3, 0.4) is 0 Å². The molecule has 3 heteroatoms. The van der Waals surface area contributed by atoms with Gasteiger partial charge in [-0.05, 0) is 46.2 Å². The molecule has 20 heavy (non-hydrogen) atoms. The van der Waals surface area contributed by atoms with Crippen LogP contribution in [0, 0.1) is 0 Å². The molecule has 118 valence electrons. The zero-order chi connectivity index (χ0) is 14.8. The number of hydrogen-bond acceptors (Lipinski definition) is 3. The van der Waals surface area contributed by atoms with E-state index in [-0.39, 0.29) is 5.54 Å². The summed E-state index contributed by atoms with van der Waals surface area (Å²) in [6.07, 6.45) is 16.2. The van der Waals surface area contributed by atoms with Crippen molar-refractivity contribution >= 4 is 0 Å². The molecule has 3 N–H and O–H groups in total. The molecule has 0 spiro atoms. The van der Waals surface area contributed by atoms with E-state index in [2.05, 4.69) is 31.0 Å². The summed E-state index contributed by atoms with van der Waals surface area (Å²) in [4.78, 5) is 2.44. The van der Waals surface area contributed by atoms with Gasteiger partial charge >= 0.3 is 0 Å².